The molecule has 1 rings (SSSR count). The van der Waals surface area contributed by atoms with Crippen LogP contribution >= 0.6 is 0 Å². The number of carbonyl (C=O) groups excluding carboxylic acids is 1. The highest BCUT2D eigenvalue weighted by Crippen LogP contribution is 2.23. The third-order valence-electron chi connectivity index (χ3n) is 4.66. The lowest BCUT2D eigenvalue weighted by Gasteiger charge is -2.37. The first-order chi connectivity index (χ1) is 14.8. The lowest BCUT2D eigenvalue weighted by Crippen LogP contribution is -2.61. The highest BCUT2D eigenvalue weighted by atomic mass is 16.6. The van der Waals surface area contributed by atoms with Gasteiger partial charge in [0, 0.05) is 26.9 Å². The van der Waals surface area contributed by atoms with Gasteiger partial charge in [-0.25, -0.2) is 4.79 Å². The molecule has 0 heterocycles. The molecule has 0 aliphatic heterocycles. The second-order valence-corrected chi connectivity index (χ2v) is 6.74. The zero-order chi connectivity index (χ0) is 23.3. The monoisotopic (exact) mass is 438 g/mol. The van der Waals surface area contributed by atoms with Gasteiger partial charge in [-0.15, -0.1) is 0 Å². The lowest BCUT2D eigenvalue weighted by molar-refractivity contribution is -0.186. The summed E-state index contributed by atoms with van der Waals surface area (Å²) >= 11 is 0. The standard InChI is InChI=1S/C21H30N2O8/c1-21(29-4,20(25)26)18(31-12-10-28-3)17(14-30-11-9-27-2)23-19(24)16-7-5-15(13-22)6-8-16/h5-8,17-18H,9-12,14H2,1-4H3,(H,23,24)(H,25,26)/t17-,18?,21+/m0/s1. The van der Waals surface area contributed by atoms with E-state index < -0.39 is 29.6 Å². The van der Waals surface area contributed by atoms with Gasteiger partial charge in [0.2, 0.25) is 0 Å². The van der Waals surface area contributed by atoms with Crippen molar-refractivity contribution in [3.63, 3.8) is 0 Å². The van der Waals surface area contributed by atoms with E-state index in [1.54, 1.807) is 0 Å². The van der Waals surface area contributed by atoms with Gasteiger partial charge in [0.25, 0.3) is 5.91 Å². The Morgan fingerprint density at radius 1 is 1.10 bits per heavy atom. The lowest BCUT2D eigenvalue weighted by atomic mass is 9.92. The van der Waals surface area contributed by atoms with Crippen LogP contribution in [0.4, 0.5) is 0 Å². The number of aliphatic carboxylic acids is 1. The Morgan fingerprint density at radius 3 is 2.23 bits per heavy atom. The molecule has 0 saturated heterocycles. The van der Waals surface area contributed by atoms with Crippen molar-refractivity contribution in [3.05, 3.63) is 35.4 Å². The fourth-order valence-corrected chi connectivity index (χ4v) is 2.75. The van der Waals surface area contributed by atoms with Crippen LogP contribution in [-0.4, -0.2) is 89.1 Å². The molecule has 1 aromatic carbocycles. The first kappa shape index (κ1) is 26.5. The first-order valence-corrected chi connectivity index (χ1v) is 9.60. The molecule has 0 aliphatic rings. The van der Waals surface area contributed by atoms with Crippen molar-refractivity contribution in [1.29, 1.82) is 5.26 Å². The molecule has 0 bridgehead atoms. The van der Waals surface area contributed by atoms with Gasteiger partial charge in [-0.05, 0) is 31.2 Å². The summed E-state index contributed by atoms with van der Waals surface area (Å²) in [6.45, 7) is 2.18. The minimum absolute atomic E-state index is 0.0464. The van der Waals surface area contributed by atoms with Gasteiger partial charge in [0.05, 0.1) is 50.7 Å². The molecule has 0 saturated carbocycles. The van der Waals surface area contributed by atoms with Crippen LogP contribution in [0.1, 0.15) is 22.8 Å². The summed E-state index contributed by atoms with van der Waals surface area (Å²) in [5, 5.41) is 21.5. The van der Waals surface area contributed by atoms with Crippen LogP contribution in [0.25, 0.3) is 0 Å². The maximum Gasteiger partial charge on any atom is 0.338 e. The van der Waals surface area contributed by atoms with E-state index in [0.29, 0.717) is 17.7 Å². The van der Waals surface area contributed by atoms with E-state index in [0.717, 1.165) is 0 Å². The number of ether oxygens (including phenoxy) is 5. The highest BCUT2D eigenvalue weighted by molar-refractivity contribution is 5.94. The largest absolute Gasteiger partial charge is 0.479 e. The van der Waals surface area contributed by atoms with E-state index in [1.807, 2.05) is 6.07 Å². The Kier molecular flexibility index (Phi) is 11.7. The summed E-state index contributed by atoms with van der Waals surface area (Å²) in [4.78, 5) is 24.8. The summed E-state index contributed by atoms with van der Waals surface area (Å²) in [7, 11) is 4.27. The average Bonchev–Trinajstić information content (AvgIpc) is 2.78. The van der Waals surface area contributed by atoms with Crippen molar-refractivity contribution in [2.75, 3.05) is 54.4 Å². The summed E-state index contributed by atoms with van der Waals surface area (Å²) in [6, 6.07) is 7.15. The molecule has 10 heteroatoms. The molecule has 1 aromatic rings. The van der Waals surface area contributed by atoms with Gasteiger partial charge < -0.3 is 34.1 Å². The number of carboxylic acid groups (broad SMARTS) is 1. The van der Waals surface area contributed by atoms with Gasteiger partial charge in [0.1, 0.15) is 6.10 Å². The second kappa shape index (κ2) is 13.7. The molecule has 1 unspecified atom stereocenters. The average molecular weight is 438 g/mol. The van der Waals surface area contributed by atoms with Gasteiger partial charge in [-0.1, -0.05) is 0 Å². The number of benzene rings is 1. The number of nitrogens with one attached hydrogen (secondary N) is 1. The van der Waals surface area contributed by atoms with Gasteiger partial charge in [-0.2, -0.15) is 5.26 Å². The maximum atomic E-state index is 12.8. The molecular formula is C21H30N2O8. The third-order valence-corrected chi connectivity index (χ3v) is 4.66. The number of carboxylic acids is 1. The Morgan fingerprint density at radius 2 is 1.71 bits per heavy atom. The van der Waals surface area contributed by atoms with E-state index in [2.05, 4.69) is 5.32 Å². The molecule has 0 fully saturated rings. The van der Waals surface area contributed by atoms with Crippen LogP contribution in [0.15, 0.2) is 24.3 Å². The van der Waals surface area contributed by atoms with E-state index in [1.165, 1.54) is 52.5 Å². The number of rotatable bonds is 15. The number of nitrogens with zero attached hydrogens (tertiary/aromatic N) is 1. The van der Waals surface area contributed by atoms with Crippen molar-refractivity contribution in [3.8, 4) is 6.07 Å². The number of carbonyl (C=O) groups is 2. The summed E-state index contributed by atoms with van der Waals surface area (Å²) in [5.74, 6) is -1.74. The predicted molar refractivity (Wildman–Crippen MR) is 110 cm³/mol. The van der Waals surface area contributed by atoms with E-state index in [4.69, 9.17) is 28.9 Å². The Bertz CT molecular complexity index is 734. The van der Waals surface area contributed by atoms with E-state index >= 15 is 0 Å². The zero-order valence-electron chi connectivity index (χ0n) is 18.3. The van der Waals surface area contributed by atoms with Crippen LogP contribution in [-0.2, 0) is 28.5 Å². The molecule has 172 valence electrons. The van der Waals surface area contributed by atoms with Crippen LogP contribution in [0.3, 0.4) is 0 Å². The molecule has 3 atom stereocenters. The van der Waals surface area contributed by atoms with Crippen molar-refractivity contribution >= 4 is 11.9 Å². The molecule has 10 nitrogen and oxygen atoms in total. The molecule has 1 amide bonds. The molecule has 0 spiro atoms. The van der Waals surface area contributed by atoms with E-state index in [-0.39, 0.29) is 26.4 Å². The van der Waals surface area contributed by atoms with Crippen molar-refractivity contribution in [2.45, 2.75) is 24.7 Å². The normalized spacial score (nSPS) is 14.8. The molecule has 0 aliphatic carbocycles. The number of nitriles is 1. The molecular weight excluding hydrogens is 408 g/mol. The number of amides is 1. The van der Waals surface area contributed by atoms with Crippen LogP contribution in [0.2, 0.25) is 0 Å². The van der Waals surface area contributed by atoms with Crippen LogP contribution in [0, 0.1) is 11.3 Å². The predicted octanol–water partition coefficient (Wildman–Crippen LogP) is 0.841. The van der Waals surface area contributed by atoms with E-state index in [9.17, 15) is 14.7 Å². The second-order valence-electron chi connectivity index (χ2n) is 6.74. The first-order valence-electron chi connectivity index (χ1n) is 9.60. The minimum atomic E-state index is -1.78. The van der Waals surface area contributed by atoms with Gasteiger partial charge in [0.15, 0.2) is 5.60 Å². The molecule has 0 radical (unpaired) electrons. The summed E-state index contributed by atoms with van der Waals surface area (Å²) < 4.78 is 26.6. The van der Waals surface area contributed by atoms with Crippen molar-refractivity contribution in [2.24, 2.45) is 0 Å². The smallest absolute Gasteiger partial charge is 0.338 e. The Hall–Kier alpha value is -2.55. The number of hydrogen-bond donors (Lipinski definition) is 2. The zero-order valence-corrected chi connectivity index (χ0v) is 18.3. The molecule has 0 aromatic heterocycles. The van der Waals surface area contributed by atoms with Gasteiger partial charge >= 0.3 is 5.97 Å². The quantitative estimate of drug-likeness (QED) is 0.382. The van der Waals surface area contributed by atoms with Crippen molar-refractivity contribution < 1.29 is 38.4 Å². The SMILES string of the molecule is COCCOC[C@H](NC(=O)c1ccc(C#N)cc1)C(OCCOC)[C@@](C)(OC)C(=O)O. The maximum absolute atomic E-state index is 12.8. The summed E-state index contributed by atoms with van der Waals surface area (Å²) in [5.41, 5.74) is -1.07. The molecule has 31 heavy (non-hydrogen) atoms. The highest BCUT2D eigenvalue weighted by Gasteiger charge is 2.47. The number of methoxy groups -OCH3 is 3. The Labute approximate surface area is 182 Å². The van der Waals surface area contributed by atoms with Gasteiger partial charge in [-0.3, -0.25) is 4.79 Å². The number of hydrogen-bond acceptors (Lipinski definition) is 8. The fraction of sp³-hybridized carbons (Fsp3) is 0.571. The van der Waals surface area contributed by atoms with Crippen molar-refractivity contribution in [1.82, 2.24) is 5.32 Å². The van der Waals surface area contributed by atoms with Crippen LogP contribution in [0.5, 0.6) is 0 Å². The summed E-state index contributed by atoms with van der Waals surface area (Å²) in [6.07, 6.45) is -1.10. The topological polar surface area (TPSA) is 136 Å². The molecule has 2 N–H and O–H groups in total. The minimum Gasteiger partial charge on any atom is -0.479 e. The van der Waals surface area contributed by atoms with Crippen LogP contribution < -0.4 is 5.32 Å². The fourth-order valence-electron chi connectivity index (χ4n) is 2.75. The Balaban J connectivity index is 3.16. The third kappa shape index (κ3) is 7.90.